The summed E-state index contributed by atoms with van der Waals surface area (Å²) in [5.74, 6) is 1.14. The third kappa shape index (κ3) is 1.88. The number of nitrogens with zero attached hydrogens (tertiary/aromatic N) is 2. The van der Waals surface area contributed by atoms with Crippen LogP contribution in [0.4, 0.5) is 0 Å². The van der Waals surface area contributed by atoms with Crippen LogP contribution in [0.3, 0.4) is 0 Å². The summed E-state index contributed by atoms with van der Waals surface area (Å²) in [6.45, 7) is 3.21. The van der Waals surface area contributed by atoms with Crippen molar-refractivity contribution >= 4 is 15.9 Å². The summed E-state index contributed by atoms with van der Waals surface area (Å²) in [6, 6.07) is 0. The zero-order valence-corrected chi connectivity index (χ0v) is 10.3. The van der Waals surface area contributed by atoms with E-state index in [-0.39, 0.29) is 0 Å². The van der Waals surface area contributed by atoms with Gasteiger partial charge in [-0.2, -0.15) is 0 Å². The largest absolute Gasteiger partial charge is 0.335 e. The Hall–Kier alpha value is -0.310. The van der Waals surface area contributed by atoms with Crippen molar-refractivity contribution in [2.24, 2.45) is 5.41 Å². The molecule has 2 rings (SSSR count). The maximum Gasteiger partial charge on any atom is 0.105 e. The molecule has 3 heteroatoms. The number of imidazole rings is 1. The molecule has 0 amide bonds. The predicted octanol–water partition coefficient (Wildman–Crippen LogP) is 3.15. The van der Waals surface area contributed by atoms with Gasteiger partial charge in [0.1, 0.15) is 5.82 Å². The van der Waals surface area contributed by atoms with Gasteiger partial charge in [0.05, 0.1) is 0 Å². The van der Waals surface area contributed by atoms with Gasteiger partial charge in [0.15, 0.2) is 0 Å². The summed E-state index contributed by atoms with van der Waals surface area (Å²) in [5.41, 5.74) is 0.492. The van der Waals surface area contributed by atoms with Crippen molar-refractivity contribution < 1.29 is 0 Å². The normalized spacial score (nSPS) is 20.1. The molecule has 0 bridgehead atoms. The van der Waals surface area contributed by atoms with E-state index >= 15 is 0 Å². The van der Waals surface area contributed by atoms with Gasteiger partial charge in [0, 0.05) is 24.3 Å². The summed E-state index contributed by atoms with van der Waals surface area (Å²) in [4.78, 5) is 4.27. The van der Waals surface area contributed by atoms with Crippen LogP contribution in [0.5, 0.6) is 0 Å². The first-order valence-electron chi connectivity index (χ1n) is 5.29. The number of hydrogen-bond donors (Lipinski definition) is 0. The molecule has 1 aliphatic carbocycles. The summed E-state index contributed by atoms with van der Waals surface area (Å²) >= 11 is 3.67. The monoisotopic (exact) mass is 256 g/mol. The Kier molecular flexibility index (Phi) is 2.96. The van der Waals surface area contributed by atoms with Crippen LogP contribution < -0.4 is 0 Å². The van der Waals surface area contributed by atoms with Crippen molar-refractivity contribution in [3.63, 3.8) is 0 Å². The lowest BCUT2D eigenvalue weighted by Crippen LogP contribution is -2.25. The second kappa shape index (κ2) is 4.05. The van der Waals surface area contributed by atoms with Gasteiger partial charge in [0.25, 0.3) is 0 Å². The standard InChI is InChI=1S/C11H17BrN2/c1-10-13-6-7-14(10)9-11(8-12)4-2-3-5-11/h6-7H,2-5,8-9H2,1H3. The van der Waals surface area contributed by atoms with Gasteiger partial charge < -0.3 is 4.57 Å². The van der Waals surface area contributed by atoms with Crippen molar-refractivity contribution in [1.82, 2.24) is 9.55 Å². The first-order chi connectivity index (χ1) is 6.76. The molecule has 1 aromatic rings. The smallest absolute Gasteiger partial charge is 0.105 e. The van der Waals surface area contributed by atoms with Gasteiger partial charge in [-0.3, -0.25) is 0 Å². The maximum atomic E-state index is 4.27. The lowest BCUT2D eigenvalue weighted by atomic mass is 9.89. The average molecular weight is 257 g/mol. The van der Waals surface area contributed by atoms with Crippen LogP contribution in [0.2, 0.25) is 0 Å². The van der Waals surface area contributed by atoms with Crippen LogP contribution in [-0.2, 0) is 6.54 Å². The Morgan fingerprint density at radius 3 is 2.71 bits per heavy atom. The Labute approximate surface area is 93.9 Å². The van der Waals surface area contributed by atoms with Crippen molar-refractivity contribution in [3.05, 3.63) is 18.2 Å². The van der Waals surface area contributed by atoms with Crippen LogP contribution in [0, 0.1) is 12.3 Å². The second-order valence-electron chi connectivity index (χ2n) is 4.44. The first kappa shape index (κ1) is 10.2. The van der Waals surface area contributed by atoms with Gasteiger partial charge in [-0.05, 0) is 25.2 Å². The lowest BCUT2D eigenvalue weighted by Gasteiger charge is -2.27. The van der Waals surface area contributed by atoms with Crippen LogP contribution in [-0.4, -0.2) is 14.9 Å². The van der Waals surface area contributed by atoms with Crippen molar-refractivity contribution in [2.75, 3.05) is 5.33 Å². The highest BCUT2D eigenvalue weighted by Gasteiger charge is 2.33. The Bertz CT molecular complexity index is 300. The minimum atomic E-state index is 0.492. The summed E-state index contributed by atoms with van der Waals surface area (Å²) in [5, 5.41) is 1.12. The number of aryl methyl sites for hydroxylation is 1. The van der Waals surface area contributed by atoms with E-state index in [4.69, 9.17) is 0 Å². The summed E-state index contributed by atoms with van der Waals surface area (Å²) in [6.07, 6.45) is 9.48. The molecule has 2 nitrogen and oxygen atoms in total. The van der Waals surface area contributed by atoms with Gasteiger partial charge in [0.2, 0.25) is 0 Å². The summed E-state index contributed by atoms with van der Waals surface area (Å²) < 4.78 is 2.28. The van der Waals surface area contributed by atoms with Gasteiger partial charge in [-0.15, -0.1) is 0 Å². The van der Waals surface area contributed by atoms with E-state index in [1.165, 1.54) is 25.7 Å². The van der Waals surface area contributed by atoms with Crippen molar-refractivity contribution in [1.29, 1.82) is 0 Å². The molecule has 1 aliphatic rings. The second-order valence-corrected chi connectivity index (χ2v) is 5.00. The molecule has 78 valence electrons. The molecular weight excluding hydrogens is 240 g/mol. The van der Waals surface area contributed by atoms with Gasteiger partial charge >= 0.3 is 0 Å². The van der Waals surface area contributed by atoms with Crippen LogP contribution in [0.25, 0.3) is 0 Å². The minimum Gasteiger partial charge on any atom is -0.335 e. The molecule has 1 saturated carbocycles. The lowest BCUT2D eigenvalue weighted by molar-refractivity contribution is 0.289. The number of hydrogen-bond acceptors (Lipinski definition) is 1. The predicted molar refractivity (Wildman–Crippen MR) is 61.7 cm³/mol. The highest BCUT2D eigenvalue weighted by atomic mass is 79.9. The van der Waals surface area contributed by atoms with E-state index in [1.54, 1.807) is 0 Å². The number of rotatable bonds is 3. The Morgan fingerprint density at radius 2 is 2.21 bits per heavy atom. The van der Waals surface area contributed by atoms with E-state index in [0.717, 1.165) is 17.7 Å². The molecule has 0 aliphatic heterocycles. The Morgan fingerprint density at radius 1 is 1.50 bits per heavy atom. The molecule has 0 saturated heterocycles. The number of alkyl halides is 1. The number of aromatic nitrogens is 2. The molecule has 14 heavy (non-hydrogen) atoms. The zero-order valence-electron chi connectivity index (χ0n) is 8.67. The van der Waals surface area contributed by atoms with E-state index in [0.29, 0.717) is 5.41 Å². The fourth-order valence-corrected chi connectivity index (χ4v) is 3.13. The van der Waals surface area contributed by atoms with Crippen molar-refractivity contribution in [2.45, 2.75) is 39.2 Å². The first-order valence-corrected chi connectivity index (χ1v) is 6.42. The molecule has 0 aromatic carbocycles. The van der Waals surface area contributed by atoms with Gasteiger partial charge in [-0.1, -0.05) is 28.8 Å². The topological polar surface area (TPSA) is 17.8 Å². The molecule has 1 aromatic heterocycles. The van der Waals surface area contributed by atoms with E-state index < -0.39 is 0 Å². The van der Waals surface area contributed by atoms with Crippen LogP contribution in [0.1, 0.15) is 31.5 Å². The highest BCUT2D eigenvalue weighted by Crippen LogP contribution is 2.41. The van der Waals surface area contributed by atoms with Gasteiger partial charge in [-0.25, -0.2) is 4.98 Å². The molecule has 0 unspecified atom stereocenters. The number of halogens is 1. The molecule has 0 spiro atoms. The molecule has 0 radical (unpaired) electrons. The van der Waals surface area contributed by atoms with E-state index in [2.05, 4.69) is 38.6 Å². The van der Waals surface area contributed by atoms with E-state index in [9.17, 15) is 0 Å². The molecular formula is C11H17BrN2. The molecule has 0 N–H and O–H groups in total. The highest BCUT2D eigenvalue weighted by molar-refractivity contribution is 9.09. The SMILES string of the molecule is Cc1nccn1CC1(CBr)CCCC1. The molecule has 1 fully saturated rings. The third-order valence-electron chi connectivity index (χ3n) is 3.38. The van der Waals surface area contributed by atoms with Crippen molar-refractivity contribution in [3.8, 4) is 0 Å². The van der Waals surface area contributed by atoms with Crippen LogP contribution >= 0.6 is 15.9 Å². The zero-order chi connectivity index (χ0) is 10.0. The van der Waals surface area contributed by atoms with E-state index in [1.807, 2.05) is 6.20 Å². The fraction of sp³-hybridized carbons (Fsp3) is 0.727. The molecule has 0 atom stereocenters. The van der Waals surface area contributed by atoms with Crippen LogP contribution in [0.15, 0.2) is 12.4 Å². The minimum absolute atomic E-state index is 0.492. The quantitative estimate of drug-likeness (QED) is 0.760. The average Bonchev–Trinajstić information content (AvgIpc) is 2.79. The Balaban J connectivity index is 2.12. The fourth-order valence-electron chi connectivity index (χ4n) is 2.39. The third-order valence-corrected chi connectivity index (χ3v) is 4.57. The molecule has 1 heterocycles. The maximum absolute atomic E-state index is 4.27. The summed E-state index contributed by atoms with van der Waals surface area (Å²) in [7, 11) is 0.